The molecule has 25 heavy (non-hydrogen) atoms. The lowest BCUT2D eigenvalue weighted by atomic mass is 10.2. The number of nitrogens with zero attached hydrogens (tertiary/aromatic N) is 2. The van der Waals surface area contributed by atoms with Gasteiger partial charge in [-0.25, -0.2) is 4.98 Å². The molecule has 1 atom stereocenters. The standard InChI is InChI=1S/C19H23N3O2S/c1-14(13-22-8-10-23-11-9-22)20-12-15-6-7-17(24-15)19-21-16-4-2-3-5-18(16)25-19/h2-7,14,20H,8-13H2,1H3. The molecule has 1 saturated heterocycles. The summed E-state index contributed by atoms with van der Waals surface area (Å²) in [4.78, 5) is 7.10. The number of nitrogens with one attached hydrogen (secondary N) is 1. The van der Waals surface area contributed by atoms with E-state index in [1.807, 2.05) is 30.3 Å². The van der Waals surface area contributed by atoms with Crippen molar-refractivity contribution in [2.45, 2.75) is 19.5 Å². The molecule has 1 aliphatic rings. The Labute approximate surface area is 151 Å². The first-order valence-corrected chi connectivity index (χ1v) is 9.58. The van der Waals surface area contributed by atoms with Crippen LogP contribution >= 0.6 is 11.3 Å². The molecule has 0 amide bonds. The summed E-state index contributed by atoms with van der Waals surface area (Å²) in [7, 11) is 0. The summed E-state index contributed by atoms with van der Waals surface area (Å²) >= 11 is 1.67. The van der Waals surface area contributed by atoms with Crippen LogP contribution < -0.4 is 5.32 Å². The van der Waals surface area contributed by atoms with E-state index in [1.165, 1.54) is 4.70 Å². The molecule has 6 heteroatoms. The van der Waals surface area contributed by atoms with E-state index < -0.39 is 0 Å². The first kappa shape index (κ1) is 16.7. The highest BCUT2D eigenvalue weighted by atomic mass is 32.1. The second-order valence-electron chi connectivity index (χ2n) is 6.45. The van der Waals surface area contributed by atoms with Crippen LogP contribution in [0.5, 0.6) is 0 Å². The third kappa shape index (κ3) is 4.10. The van der Waals surface area contributed by atoms with Gasteiger partial charge < -0.3 is 14.5 Å². The molecule has 0 aliphatic carbocycles. The monoisotopic (exact) mass is 357 g/mol. The van der Waals surface area contributed by atoms with Crippen LogP contribution in [-0.4, -0.2) is 48.8 Å². The van der Waals surface area contributed by atoms with E-state index in [1.54, 1.807) is 11.3 Å². The lowest BCUT2D eigenvalue weighted by Gasteiger charge is -2.29. The number of hydrogen-bond donors (Lipinski definition) is 1. The lowest BCUT2D eigenvalue weighted by molar-refractivity contribution is 0.0342. The minimum absolute atomic E-state index is 0.411. The molecule has 1 unspecified atom stereocenters. The number of aromatic nitrogens is 1. The molecular formula is C19H23N3O2S. The van der Waals surface area contributed by atoms with Crippen molar-refractivity contribution in [1.29, 1.82) is 0 Å². The van der Waals surface area contributed by atoms with Gasteiger partial charge in [0.1, 0.15) is 5.76 Å². The zero-order valence-corrected chi connectivity index (χ0v) is 15.2. The largest absolute Gasteiger partial charge is 0.457 e. The van der Waals surface area contributed by atoms with E-state index in [-0.39, 0.29) is 0 Å². The van der Waals surface area contributed by atoms with E-state index in [2.05, 4.69) is 28.2 Å². The van der Waals surface area contributed by atoms with Gasteiger partial charge in [0.15, 0.2) is 10.8 Å². The first-order chi connectivity index (χ1) is 12.3. The molecule has 3 aromatic rings. The van der Waals surface area contributed by atoms with Gasteiger partial charge in [-0.2, -0.15) is 0 Å². The maximum absolute atomic E-state index is 5.99. The summed E-state index contributed by atoms with van der Waals surface area (Å²) in [5.41, 5.74) is 1.03. The lowest BCUT2D eigenvalue weighted by Crippen LogP contribution is -2.44. The summed E-state index contributed by atoms with van der Waals surface area (Å²) in [6, 6.07) is 12.6. The average molecular weight is 357 g/mol. The number of benzene rings is 1. The van der Waals surface area contributed by atoms with Gasteiger partial charge in [0.25, 0.3) is 0 Å². The Bertz CT molecular complexity index is 790. The van der Waals surface area contributed by atoms with Crippen LogP contribution in [0.4, 0.5) is 0 Å². The molecule has 3 heterocycles. The molecule has 0 radical (unpaired) electrons. The predicted molar refractivity (Wildman–Crippen MR) is 101 cm³/mol. The van der Waals surface area contributed by atoms with E-state index in [9.17, 15) is 0 Å². The van der Waals surface area contributed by atoms with Gasteiger partial charge in [0, 0.05) is 25.7 Å². The van der Waals surface area contributed by atoms with Crippen molar-refractivity contribution in [3.63, 3.8) is 0 Å². The number of para-hydroxylation sites is 1. The van der Waals surface area contributed by atoms with Crippen LogP contribution in [0.2, 0.25) is 0 Å². The second kappa shape index (κ2) is 7.66. The van der Waals surface area contributed by atoms with Crippen LogP contribution in [0.1, 0.15) is 12.7 Å². The van der Waals surface area contributed by atoms with E-state index in [4.69, 9.17) is 9.15 Å². The molecule has 1 N–H and O–H groups in total. The molecule has 0 saturated carbocycles. The molecule has 2 aromatic heterocycles. The minimum Gasteiger partial charge on any atom is -0.457 e. The maximum Gasteiger partial charge on any atom is 0.163 e. The summed E-state index contributed by atoms with van der Waals surface area (Å²) < 4.78 is 12.6. The number of furan rings is 1. The molecule has 1 fully saturated rings. The molecule has 4 rings (SSSR count). The van der Waals surface area contributed by atoms with Crippen molar-refractivity contribution in [3.05, 3.63) is 42.2 Å². The zero-order valence-electron chi connectivity index (χ0n) is 14.4. The Hall–Kier alpha value is -1.73. The van der Waals surface area contributed by atoms with Gasteiger partial charge in [-0.15, -0.1) is 11.3 Å². The van der Waals surface area contributed by atoms with Crippen LogP contribution in [-0.2, 0) is 11.3 Å². The van der Waals surface area contributed by atoms with Gasteiger partial charge in [-0.3, -0.25) is 4.90 Å². The Balaban J connectivity index is 1.34. The first-order valence-electron chi connectivity index (χ1n) is 8.76. The van der Waals surface area contributed by atoms with Crippen molar-refractivity contribution >= 4 is 21.6 Å². The maximum atomic E-state index is 5.99. The van der Waals surface area contributed by atoms with Crippen LogP contribution in [0.25, 0.3) is 21.0 Å². The van der Waals surface area contributed by atoms with Gasteiger partial charge in [0.2, 0.25) is 0 Å². The number of rotatable bonds is 6. The van der Waals surface area contributed by atoms with E-state index in [0.29, 0.717) is 6.04 Å². The zero-order chi connectivity index (χ0) is 17.1. The summed E-state index contributed by atoms with van der Waals surface area (Å²) in [6.07, 6.45) is 0. The van der Waals surface area contributed by atoms with Crippen molar-refractivity contribution in [1.82, 2.24) is 15.2 Å². The SMILES string of the molecule is CC(CN1CCOCC1)NCc1ccc(-c2nc3ccccc3s2)o1. The minimum atomic E-state index is 0.411. The van der Waals surface area contributed by atoms with Crippen LogP contribution in [0, 0.1) is 0 Å². The Kier molecular flexibility index (Phi) is 5.12. The topological polar surface area (TPSA) is 50.5 Å². The normalized spacial score (nSPS) is 17.2. The Morgan fingerprint density at radius 3 is 2.88 bits per heavy atom. The van der Waals surface area contributed by atoms with Crippen molar-refractivity contribution in [3.8, 4) is 10.8 Å². The third-order valence-corrected chi connectivity index (χ3v) is 5.48. The molecule has 0 bridgehead atoms. The summed E-state index contributed by atoms with van der Waals surface area (Å²) in [5, 5.41) is 4.48. The fourth-order valence-electron chi connectivity index (χ4n) is 3.08. The van der Waals surface area contributed by atoms with Crippen LogP contribution in [0.15, 0.2) is 40.8 Å². The number of morpholine rings is 1. The number of thiazole rings is 1. The smallest absolute Gasteiger partial charge is 0.163 e. The highest BCUT2D eigenvalue weighted by molar-refractivity contribution is 7.21. The van der Waals surface area contributed by atoms with Crippen molar-refractivity contribution < 1.29 is 9.15 Å². The molecule has 5 nitrogen and oxygen atoms in total. The fraction of sp³-hybridized carbons (Fsp3) is 0.421. The summed E-state index contributed by atoms with van der Waals surface area (Å²) in [6.45, 7) is 7.72. The molecule has 1 aromatic carbocycles. The van der Waals surface area contributed by atoms with Gasteiger partial charge in [-0.05, 0) is 31.2 Å². The molecule has 0 spiro atoms. The van der Waals surface area contributed by atoms with Gasteiger partial charge in [-0.1, -0.05) is 12.1 Å². The van der Waals surface area contributed by atoms with Gasteiger partial charge in [0.05, 0.1) is 30.0 Å². The Morgan fingerprint density at radius 2 is 2.04 bits per heavy atom. The highest BCUT2D eigenvalue weighted by Gasteiger charge is 2.14. The van der Waals surface area contributed by atoms with Gasteiger partial charge >= 0.3 is 0 Å². The fourth-order valence-corrected chi connectivity index (χ4v) is 4.00. The highest BCUT2D eigenvalue weighted by Crippen LogP contribution is 2.31. The molecule has 1 aliphatic heterocycles. The predicted octanol–water partition coefficient (Wildman–Crippen LogP) is 3.37. The van der Waals surface area contributed by atoms with Crippen molar-refractivity contribution in [2.75, 3.05) is 32.8 Å². The number of ether oxygens (including phenoxy) is 1. The Morgan fingerprint density at radius 1 is 1.20 bits per heavy atom. The number of hydrogen-bond acceptors (Lipinski definition) is 6. The third-order valence-electron chi connectivity index (χ3n) is 4.43. The van der Waals surface area contributed by atoms with E-state index in [0.717, 1.165) is 61.4 Å². The second-order valence-corrected chi connectivity index (χ2v) is 7.48. The average Bonchev–Trinajstić information content (AvgIpc) is 3.27. The number of fused-ring (bicyclic) bond motifs is 1. The van der Waals surface area contributed by atoms with Crippen molar-refractivity contribution in [2.24, 2.45) is 0 Å². The van der Waals surface area contributed by atoms with Crippen LogP contribution in [0.3, 0.4) is 0 Å². The quantitative estimate of drug-likeness (QED) is 0.733. The summed E-state index contributed by atoms with van der Waals surface area (Å²) in [5.74, 6) is 1.79. The van der Waals surface area contributed by atoms with E-state index >= 15 is 0 Å². The molecular weight excluding hydrogens is 334 g/mol. The molecule has 132 valence electrons.